The molecule has 0 saturated heterocycles. The van der Waals surface area contributed by atoms with Crippen LogP contribution in [0.5, 0.6) is 0 Å². The van der Waals surface area contributed by atoms with E-state index in [2.05, 4.69) is 20.5 Å². The Hall–Kier alpha value is -2.62. The molecule has 3 aromatic heterocycles. The summed E-state index contributed by atoms with van der Waals surface area (Å²) in [5.74, 6) is -0.704. The fourth-order valence-electron chi connectivity index (χ4n) is 2.54. The zero-order valence-corrected chi connectivity index (χ0v) is 14.8. The van der Waals surface area contributed by atoms with Crippen molar-refractivity contribution in [2.45, 2.75) is 26.6 Å². The van der Waals surface area contributed by atoms with Gasteiger partial charge in [-0.1, -0.05) is 11.6 Å². The minimum atomic E-state index is -4.67. The maximum absolute atomic E-state index is 13.2. The fraction of sp³-hybridized carbons (Fsp3) is 0.333. The molecule has 0 aliphatic rings. The molecule has 0 bridgehead atoms. The van der Waals surface area contributed by atoms with Crippen molar-refractivity contribution < 1.29 is 18.0 Å². The number of aromatic nitrogens is 5. The number of halogens is 4. The second-order valence-corrected chi connectivity index (χ2v) is 6.14. The summed E-state index contributed by atoms with van der Waals surface area (Å²) < 4.78 is 41.8. The molecule has 0 saturated carbocycles. The first-order chi connectivity index (χ1) is 12.1. The lowest BCUT2D eigenvalue weighted by molar-refractivity contribution is -0.142. The highest BCUT2D eigenvalue weighted by Crippen LogP contribution is 2.32. The van der Waals surface area contributed by atoms with Crippen LogP contribution in [0.1, 0.15) is 33.3 Å². The van der Waals surface area contributed by atoms with Crippen LogP contribution in [0.2, 0.25) is 5.02 Å². The van der Waals surface area contributed by atoms with Crippen molar-refractivity contribution in [1.29, 1.82) is 0 Å². The predicted molar refractivity (Wildman–Crippen MR) is 86.9 cm³/mol. The largest absolute Gasteiger partial charge is 0.433 e. The highest BCUT2D eigenvalue weighted by Gasteiger charge is 2.36. The van der Waals surface area contributed by atoms with Crippen molar-refractivity contribution in [2.75, 3.05) is 0 Å². The van der Waals surface area contributed by atoms with Crippen molar-refractivity contribution in [3.8, 4) is 0 Å². The van der Waals surface area contributed by atoms with Crippen molar-refractivity contribution in [3.05, 3.63) is 45.6 Å². The molecule has 1 amide bonds. The van der Waals surface area contributed by atoms with Crippen LogP contribution < -0.4 is 5.32 Å². The summed E-state index contributed by atoms with van der Waals surface area (Å²) in [5.41, 5.74) is 0.0134. The molecular formula is C15H14ClF3N6O. The van der Waals surface area contributed by atoms with Crippen molar-refractivity contribution >= 4 is 23.2 Å². The van der Waals surface area contributed by atoms with Gasteiger partial charge in [0.05, 0.1) is 17.9 Å². The van der Waals surface area contributed by atoms with E-state index < -0.39 is 17.8 Å². The van der Waals surface area contributed by atoms with Crippen LogP contribution in [0, 0.1) is 13.8 Å². The van der Waals surface area contributed by atoms with Gasteiger partial charge in [0.15, 0.2) is 11.3 Å². The molecule has 3 rings (SSSR count). The van der Waals surface area contributed by atoms with Crippen LogP contribution in [0.3, 0.4) is 0 Å². The van der Waals surface area contributed by atoms with Gasteiger partial charge in [-0.3, -0.25) is 9.48 Å². The second kappa shape index (κ2) is 6.27. The predicted octanol–water partition coefficient (Wildman–Crippen LogP) is 2.68. The number of hydrogen-bond acceptors (Lipinski definition) is 4. The van der Waals surface area contributed by atoms with E-state index in [9.17, 15) is 18.0 Å². The topological polar surface area (TPSA) is 77.1 Å². The van der Waals surface area contributed by atoms with E-state index in [0.29, 0.717) is 4.52 Å². The lowest BCUT2D eigenvalue weighted by Crippen LogP contribution is -2.25. The smallest absolute Gasteiger partial charge is 0.345 e. The summed E-state index contributed by atoms with van der Waals surface area (Å²) in [6.45, 7) is 3.33. The molecule has 1 N–H and O–H groups in total. The summed E-state index contributed by atoms with van der Waals surface area (Å²) in [4.78, 5) is 16.3. The van der Waals surface area contributed by atoms with Gasteiger partial charge >= 0.3 is 6.18 Å². The number of nitrogens with one attached hydrogen (secondary N) is 1. The van der Waals surface area contributed by atoms with Gasteiger partial charge in [0.25, 0.3) is 5.91 Å². The number of aryl methyl sites for hydroxylation is 3. The average Bonchev–Trinajstić information content (AvgIpc) is 3.03. The first kappa shape index (κ1) is 18.2. The molecule has 138 valence electrons. The van der Waals surface area contributed by atoms with E-state index in [1.54, 1.807) is 24.7 Å². The molecule has 11 heteroatoms. The highest BCUT2D eigenvalue weighted by molar-refractivity contribution is 6.36. The molecule has 0 spiro atoms. The zero-order valence-electron chi connectivity index (χ0n) is 14.0. The average molecular weight is 387 g/mol. The Labute approximate surface area is 150 Å². The van der Waals surface area contributed by atoms with Crippen LogP contribution in [-0.4, -0.2) is 30.3 Å². The molecule has 3 aromatic rings. The number of alkyl halides is 3. The summed E-state index contributed by atoms with van der Waals surface area (Å²) in [7, 11) is 1.72. The molecule has 0 atom stereocenters. The number of rotatable bonds is 3. The zero-order chi connectivity index (χ0) is 19.2. The molecule has 0 unspecified atom stereocenters. The van der Waals surface area contributed by atoms with Gasteiger partial charge < -0.3 is 5.32 Å². The van der Waals surface area contributed by atoms with Gasteiger partial charge in [-0.05, 0) is 26.0 Å². The minimum Gasteiger partial charge on any atom is -0.345 e. The molecule has 26 heavy (non-hydrogen) atoms. The number of fused-ring (bicyclic) bond motifs is 1. The number of carbonyl (C=O) groups is 1. The standard InChI is InChI=1S/C15H14ClF3N6O/c1-7-5-10(15(17,18)19)25-13(21-7)11(16)12(23-25)14(26)20-6-9-4-8(2)22-24(9)3/h4-5H,6H2,1-3H3,(H,20,26). The molecule has 0 aliphatic carbocycles. The fourth-order valence-corrected chi connectivity index (χ4v) is 2.79. The van der Waals surface area contributed by atoms with E-state index in [1.807, 2.05) is 0 Å². The normalized spacial score (nSPS) is 12.0. The summed E-state index contributed by atoms with van der Waals surface area (Å²) in [6, 6.07) is 2.62. The molecule has 0 aromatic carbocycles. The highest BCUT2D eigenvalue weighted by atomic mass is 35.5. The molecular weight excluding hydrogens is 373 g/mol. The van der Waals surface area contributed by atoms with E-state index >= 15 is 0 Å². The van der Waals surface area contributed by atoms with Gasteiger partial charge in [0.2, 0.25) is 0 Å². The first-order valence-electron chi connectivity index (χ1n) is 7.48. The van der Waals surface area contributed by atoms with Gasteiger partial charge in [-0.15, -0.1) is 0 Å². The Morgan fingerprint density at radius 3 is 2.50 bits per heavy atom. The first-order valence-corrected chi connectivity index (χ1v) is 7.86. The summed E-state index contributed by atoms with van der Waals surface area (Å²) >= 11 is 6.07. The maximum atomic E-state index is 13.2. The van der Waals surface area contributed by atoms with Crippen LogP contribution in [-0.2, 0) is 19.8 Å². The SMILES string of the molecule is Cc1cc(C(F)(F)F)n2nc(C(=O)NCc3cc(C)nn3C)c(Cl)c2n1. The Morgan fingerprint density at radius 2 is 1.92 bits per heavy atom. The number of nitrogens with zero attached hydrogens (tertiary/aromatic N) is 5. The van der Waals surface area contributed by atoms with Crippen molar-refractivity contribution in [3.63, 3.8) is 0 Å². The number of carbonyl (C=O) groups excluding carboxylic acids is 1. The minimum absolute atomic E-state index is 0.115. The van der Waals surface area contributed by atoms with Gasteiger partial charge in [-0.25, -0.2) is 9.50 Å². The van der Waals surface area contributed by atoms with E-state index in [0.717, 1.165) is 17.5 Å². The van der Waals surface area contributed by atoms with Gasteiger partial charge in [0.1, 0.15) is 10.7 Å². The molecule has 0 aliphatic heterocycles. The molecule has 3 heterocycles. The third-order valence-corrected chi connectivity index (χ3v) is 4.04. The third kappa shape index (κ3) is 3.24. The van der Waals surface area contributed by atoms with E-state index in [4.69, 9.17) is 11.6 Å². The van der Waals surface area contributed by atoms with Crippen LogP contribution in [0.15, 0.2) is 12.1 Å². The Balaban J connectivity index is 1.96. The summed E-state index contributed by atoms with van der Waals surface area (Å²) in [6.07, 6.45) is -4.67. The van der Waals surface area contributed by atoms with Crippen LogP contribution in [0.4, 0.5) is 13.2 Å². The van der Waals surface area contributed by atoms with E-state index in [-0.39, 0.29) is 28.6 Å². The maximum Gasteiger partial charge on any atom is 0.433 e. The lowest BCUT2D eigenvalue weighted by Gasteiger charge is -2.09. The molecule has 0 fully saturated rings. The Morgan fingerprint density at radius 1 is 1.23 bits per heavy atom. The monoisotopic (exact) mass is 386 g/mol. The van der Waals surface area contributed by atoms with Crippen LogP contribution in [0.25, 0.3) is 5.65 Å². The lowest BCUT2D eigenvalue weighted by atomic mass is 10.3. The Kier molecular flexibility index (Phi) is 4.39. The number of amides is 1. The van der Waals surface area contributed by atoms with Crippen LogP contribution >= 0.6 is 11.6 Å². The molecule has 0 radical (unpaired) electrons. The molecule has 7 nitrogen and oxygen atoms in total. The summed E-state index contributed by atoms with van der Waals surface area (Å²) in [5, 5.41) is 10.2. The second-order valence-electron chi connectivity index (χ2n) is 5.76. The number of hydrogen-bond donors (Lipinski definition) is 1. The Bertz CT molecular complexity index is 1010. The van der Waals surface area contributed by atoms with Crippen molar-refractivity contribution in [2.24, 2.45) is 7.05 Å². The van der Waals surface area contributed by atoms with Gasteiger partial charge in [-0.2, -0.15) is 23.4 Å². The third-order valence-electron chi connectivity index (χ3n) is 3.70. The van der Waals surface area contributed by atoms with Crippen molar-refractivity contribution in [1.82, 2.24) is 29.7 Å². The quantitative estimate of drug-likeness (QED) is 0.750. The van der Waals surface area contributed by atoms with E-state index in [1.165, 1.54) is 6.92 Å². The van der Waals surface area contributed by atoms with Gasteiger partial charge in [0, 0.05) is 12.7 Å².